The third kappa shape index (κ3) is 1.95. The first-order chi connectivity index (χ1) is 6.90. The zero-order valence-corrected chi connectivity index (χ0v) is 8.28. The van der Waals surface area contributed by atoms with E-state index in [1.807, 2.05) is 12.1 Å². The van der Waals surface area contributed by atoms with Crippen molar-refractivity contribution in [1.82, 2.24) is 0 Å². The normalized spacial score (nSPS) is 15.9. The van der Waals surface area contributed by atoms with Crippen LogP contribution in [0.2, 0.25) is 0 Å². The Morgan fingerprint density at radius 2 is 2.07 bits per heavy atom. The van der Waals surface area contributed by atoms with Crippen LogP contribution in [0.3, 0.4) is 0 Å². The van der Waals surface area contributed by atoms with Gasteiger partial charge >= 0.3 is 0 Å². The number of benzene rings is 1. The van der Waals surface area contributed by atoms with Crippen molar-refractivity contribution in [3.8, 4) is 0 Å². The van der Waals surface area contributed by atoms with E-state index in [9.17, 15) is 4.79 Å². The van der Waals surface area contributed by atoms with Gasteiger partial charge in [-0.15, -0.1) is 0 Å². The lowest BCUT2D eigenvalue weighted by atomic mass is 10.1. The zero-order valence-electron chi connectivity index (χ0n) is 8.28. The van der Waals surface area contributed by atoms with Crippen LogP contribution >= 0.6 is 0 Å². The van der Waals surface area contributed by atoms with Gasteiger partial charge in [0.05, 0.1) is 0 Å². The summed E-state index contributed by atoms with van der Waals surface area (Å²) in [4.78, 5) is 12.8. The van der Waals surface area contributed by atoms with Crippen molar-refractivity contribution >= 4 is 12.0 Å². The Balaban J connectivity index is 2.16. The molecule has 0 atom stereocenters. The van der Waals surface area contributed by atoms with Crippen molar-refractivity contribution in [2.45, 2.75) is 19.3 Å². The van der Waals surface area contributed by atoms with E-state index in [1.54, 1.807) is 0 Å². The number of carbonyl (C=O) groups excluding carboxylic acids is 1. The Labute approximate surface area is 84.5 Å². The summed E-state index contributed by atoms with van der Waals surface area (Å²) in [6.07, 6.45) is 4.07. The fourth-order valence-corrected chi connectivity index (χ4v) is 1.95. The number of hydrogen-bond donors (Lipinski definition) is 0. The molecule has 2 nitrogen and oxygen atoms in total. The third-order valence-corrected chi connectivity index (χ3v) is 2.70. The summed E-state index contributed by atoms with van der Waals surface area (Å²) >= 11 is 0. The van der Waals surface area contributed by atoms with Crippen molar-refractivity contribution in [2.24, 2.45) is 0 Å². The lowest BCUT2D eigenvalue weighted by Crippen LogP contribution is -2.17. The molecule has 0 amide bonds. The van der Waals surface area contributed by atoms with E-state index in [0.717, 1.165) is 24.9 Å². The summed E-state index contributed by atoms with van der Waals surface area (Å²) < 4.78 is 0. The largest absolute Gasteiger partial charge is 0.372 e. The summed E-state index contributed by atoms with van der Waals surface area (Å²) in [6.45, 7) is 2.31. The average Bonchev–Trinajstić information content (AvgIpc) is 2.71. The van der Waals surface area contributed by atoms with Gasteiger partial charge in [-0.05, 0) is 30.5 Å². The van der Waals surface area contributed by atoms with E-state index in [2.05, 4.69) is 17.0 Å². The van der Waals surface area contributed by atoms with Crippen LogP contribution in [0.4, 0.5) is 5.69 Å². The molecule has 0 spiro atoms. The van der Waals surface area contributed by atoms with Crippen molar-refractivity contribution in [3.63, 3.8) is 0 Å². The lowest BCUT2D eigenvalue weighted by molar-refractivity contribution is -0.107. The van der Waals surface area contributed by atoms with Gasteiger partial charge in [0.25, 0.3) is 0 Å². The van der Waals surface area contributed by atoms with Gasteiger partial charge in [0.1, 0.15) is 6.29 Å². The highest BCUT2D eigenvalue weighted by Crippen LogP contribution is 2.20. The van der Waals surface area contributed by atoms with Gasteiger partial charge in [0, 0.05) is 25.2 Å². The zero-order chi connectivity index (χ0) is 9.80. The van der Waals surface area contributed by atoms with Crippen LogP contribution in [-0.4, -0.2) is 19.4 Å². The van der Waals surface area contributed by atoms with Gasteiger partial charge in [-0.25, -0.2) is 0 Å². The molecule has 2 rings (SSSR count). The molecular weight excluding hydrogens is 174 g/mol. The molecule has 0 aliphatic carbocycles. The summed E-state index contributed by atoms with van der Waals surface area (Å²) in [7, 11) is 0. The molecule has 1 heterocycles. The lowest BCUT2D eigenvalue weighted by Gasteiger charge is -2.17. The van der Waals surface area contributed by atoms with E-state index in [4.69, 9.17) is 0 Å². The summed E-state index contributed by atoms with van der Waals surface area (Å²) in [5.41, 5.74) is 2.38. The van der Waals surface area contributed by atoms with Gasteiger partial charge in [0.15, 0.2) is 0 Å². The predicted octanol–water partition coefficient (Wildman–Crippen LogP) is 2.03. The standard InChI is InChI=1S/C12H15NO/c14-9-6-11-4-3-5-12(10-11)13-7-1-2-8-13/h3-5,9-10H,1-2,6-8H2. The van der Waals surface area contributed by atoms with Crippen LogP contribution in [0.1, 0.15) is 18.4 Å². The van der Waals surface area contributed by atoms with Crippen molar-refractivity contribution in [2.75, 3.05) is 18.0 Å². The fraction of sp³-hybridized carbons (Fsp3) is 0.417. The molecule has 0 N–H and O–H groups in total. The van der Waals surface area contributed by atoms with E-state index < -0.39 is 0 Å². The molecule has 74 valence electrons. The predicted molar refractivity (Wildman–Crippen MR) is 57.7 cm³/mol. The molecule has 1 aliphatic heterocycles. The van der Waals surface area contributed by atoms with Crippen LogP contribution in [-0.2, 0) is 11.2 Å². The fourth-order valence-electron chi connectivity index (χ4n) is 1.95. The van der Waals surface area contributed by atoms with E-state index in [1.165, 1.54) is 18.5 Å². The molecule has 1 aliphatic rings. The molecule has 0 unspecified atom stereocenters. The van der Waals surface area contributed by atoms with Crippen LogP contribution in [0.15, 0.2) is 24.3 Å². The first-order valence-electron chi connectivity index (χ1n) is 5.17. The Morgan fingerprint density at radius 3 is 2.79 bits per heavy atom. The van der Waals surface area contributed by atoms with Gasteiger partial charge in [-0.2, -0.15) is 0 Å². The van der Waals surface area contributed by atoms with Gasteiger partial charge in [0.2, 0.25) is 0 Å². The number of nitrogens with zero attached hydrogens (tertiary/aromatic N) is 1. The molecule has 14 heavy (non-hydrogen) atoms. The second-order valence-electron chi connectivity index (χ2n) is 3.73. The molecule has 1 aromatic rings. The number of carbonyl (C=O) groups is 1. The maximum atomic E-state index is 10.4. The second-order valence-corrected chi connectivity index (χ2v) is 3.73. The Kier molecular flexibility index (Phi) is 2.82. The average molecular weight is 189 g/mol. The topological polar surface area (TPSA) is 20.3 Å². The number of aldehydes is 1. The summed E-state index contributed by atoms with van der Waals surface area (Å²) in [5, 5.41) is 0. The van der Waals surface area contributed by atoms with E-state index in [-0.39, 0.29) is 0 Å². The highest BCUT2D eigenvalue weighted by Gasteiger charge is 2.11. The molecule has 0 radical (unpaired) electrons. The Hall–Kier alpha value is -1.31. The minimum Gasteiger partial charge on any atom is -0.372 e. The maximum absolute atomic E-state index is 10.4. The van der Waals surface area contributed by atoms with Crippen molar-refractivity contribution in [3.05, 3.63) is 29.8 Å². The monoisotopic (exact) mass is 189 g/mol. The van der Waals surface area contributed by atoms with Crippen molar-refractivity contribution < 1.29 is 4.79 Å². The van der Waals surface area contributed by atoms with Gasteiger partial charge in [-0.3, -0.25) is 0 Å². The van der Waals surface area contributed by atoms with Gasteiger partial charge < -0.3 is 9.69 Å². The van der Waals surface area contributed by atoms with Gasteiger partial charge in [-0.1, -0.05) is 12.1 Å². The smallest absolute Gasteiger partial charge is 0.124 e. The maximum Gasteiger partial charge on any atom is 0.124 e. The first kappa shape index (κ1) is 9.25. The highest BCUT2D eigenvalue weighted by atomic mass is 16.1. The quantitative estimate of drug-likeness (QED) is 0.678. The highest BCUT2D eigenvalue weighted by molar-refractivity contribution is 5.58. The molecule has 1 fully saturated rings. The van der Waals surface area contributed by atoms with E-state index >= 15 is 0 Å². The number of hydrogen-bond acceptors (Lipinski definition) is 2. The Bertz CT molecular complexity index is 316. The minimum absolute atomic E-state index is 0.529. The number of rotatable bonds is 3. The molecule has 0 aromatic heterocycles. The van der Waals surface area contributed by atoms with Crippen LogP contribution in [0, 0.1) is 0 Å². The van der Waals surface area contributed by atoms with Crippen molar-refractivity contribution in [1.29, 1.82) is 0 Å². The molecule has 0 bridgehead atoms. The SMILES string of the molecule is O=CCc1cccc(N2CCCC2)c1. The second kappa shape index (κ2) is 4.27. The Morgan fingerprint density at radius 1 is 1.29 bits per heavy atom. The first-order valence-corrected chi connectivity index (χ1v) is 5.17. The van der Waals surface area contributed by atoms with E-state index in [0.29, 0.717) is 6.42 Å². The molecule has 1 saturated heterocycles. The minimum atomic E-state index is 0.529. The third-order valence-electron chi connectivity index (χ3n) is 2.70. The summed E-state index contributed by atoms with van der Waals surface area (Å²) in [6, 6.07) is 8.29. The van der Waals surface area contributed by atoms with Crippen LogP contribution in [0.25, 0.3) is 0 Å². The molecule has 1 aromatic carbocycles. The van der Waals surface area contributed by atoms with Crippen LogP contribution < -0.4 is 4.90 Å². The summed E-state index contributed by atoms with van der Waals surface area (Å²) in [5.74, 6) is 0. The molecule has 0 saturated carbocycles. The molecular formula is C12H15NO. The number of anilines is 1. The van der Waals surface area contributed by atoms with Crippen LogP contribution in [0.5, 0.6) is 0 Å². The molecule has 2 heteroatoms.